The van der Waals surface area contributed by atoms with Crippen LogP contribution in [0.2, 0.25) is 0 Å². The quantitative estimate of drug-likeness (QED) is 0.772. The Labute approximate surface area is 94.0 Å². The average Bonchev–Trinajstić information content (AvgIpc) is 2.68. The molecule has 5 heteroatoms. The van der Waals surface area contributed by atoms with Crippen molar-refractivity contribution >= 4 is 23.6 Å². The van der Waals surface area contributed by atoms with Crippen LogP contribution in [0.25, 0.3) is 0 Å². The Morgan fingerprint density at radius 2 is 2.20 bits per heavy atom. The zero-order valence-electron chi connectivity index (χ0n) is 8.94. The molecule has 0 saturated carbocycles. The molecule has 86 valence electrons. The van der Waals surface area contributed by atoms with E-state index in [1.54, 1.807) is 4.90 Å². The van der Waals surface area contributed by atoms with Gasteiger partial charge in [-0.05, 0) is 18.6 Å². The van der Waals surface area contributed by atoms with Crippen molar-refractivity contribution in [2.45, 2.75) is 31.7 Å². The molecule has 1 aliphatic rings. The van der Waals surface area contributed by atoms with E-state index < -0.39 is 5.97 Å². The van der Waals surface area contributed by atoms with E-state index in [1.165, 1.54) is 0 Å². The SMILES string of the molecule is CN(C(=O)CCCC(=O)O)C1CCSC1. The number of carbonyl (C=O) groups excluding carboxylic acids is 1. The first-order valence-corrected chi connectivity index (χ1v) is 6.32. The van der Waals surface area contributed by atoms with Crippen LogP contribution < -0.4 is 0 Å². The third-order valence-corrected chi connectivity index (χ3v) is 3.77. The van der Waals surface area contributed by atoms with Crippen molar-refractivity contribution in [3.8, 4) is 0 Å². The fraction of sp³-hybridized carbons (Fsp3) is 0.800. The predicted octanol–water partition coefficient (Wildman–Crippen LogP) is 1.21. The number of nitrogens with zero attached hydrogens (tertiary/aromatic N) is 1. The molecule has 1 amide bonds. The third-order valence-electron chi connectivity index (χ3n) is 2.63. The Kier molecular flexibility index (Phi) is 4.94. The minimum absolute atomic E-state index is 0.0729. The Morgan fingerprint density at radius 3 is 2.73 bits per heavy atom. The third kappa shape index (κ3) is 4.11. The van der Waals surface area contributed by atoms with Crippen LogP contribution in [0.4, 0.5) is 0 Å². The van der Waals surface area contributed by atoms with Crippen molar-refractivity contribution in [3.05, 3.63) is 0 Å². The van der Waals surface area contributed by atoms with Gasteiger partial charge in [-0.2, -0.15) is 11.8 Å². The van der Waals surface area contributed by atoms with Gasteiger partial charge in [0, 0.05) is 31.7 Å². The molecule has 0 aromatic carbocycles. The smallest absolute Gasteiger partial charge is 0.303 e. The summed E-state index contributed by atoms with van der Waals surface area (Å²) in [6.07, 6.45) is 1.94. The molecule has 1 N–H and O–H groups in total. The molecule has 0 bridgehead atoms. The molecule has 0 aromatic heterocycles. The lowest BCUT2D eigenvalue weighted by Gasteiger charge is -2.23. The number of carbonyl (C=O) groups is 2. The number of carboxylic acids is 1. The van der Waals surface area contributed by atoms with Gasteiger partial charge in [0.2, 0.25) is 5.91 Å². The van der Waals surface area contributed by atoms with E-state index in [2.05, 4.69) is 0 Å². The zero-order valence-corrected chi connectivity index (χ0v) is 9.76. The number of aliphatic carboxylic acids is 1. The molecule has 4 nitrogen and oxygen atoms in total. The lowest BCUT2D eigenvalue weighted by molar-refractivity contribution is -0.137. The van der Waals surface area contributed by atoms with Gasteiger partial charge in [0.25, 0.3) is 0 Å². The van der Waals surface area contributed by atoms with Crippen molar-refractivity contribution in [1.82, 2.24) is 4.90 Å². The van der Waals surface area contributed by atoms with Crippen LogP contribution in [0.15, 0.2) is 0 Å². The van der Waals surface area contributed by atoms with Crippen molar-refractivity contribution in [2.24, 2.45) is 0 Å². The molecule has 1 rings (SSSR count). The van der Waals surface area contributed by atoms with E-state index in [1.807, 2.05) is 18.8 Å². The Morgan fingerprint density at radius 1 is 1.47 bits per heavy atom. The lowest BCUT2D eigenvalue weighted by atomic mass is 10.2. The van der Waals surface area contributed by atoms with Crippen LogP contribution in [-0.2, 0) is 9.59 Å². The maximum atomic E-state index is 11.6. The lowest BCUT2D eigenvalue weighted by Crippen LogP contribution is -2.36. The van der Waals surface area contributed by atoms with Crippen molar-refractivity contribution in [3.63, 3.8) is 0 Å². The fourth-order valence-corrected chi connectivity index (χ4v) is 2.87. The molecule has 0 aliphatic carbocycles. The summed E-state index contributed by atoms with van der Waals surface area (Å²) in [5.41, 5.74) is 0. The van der Waals surface area contributed by atoms with E-state index in [4.69, 9.17) is 5.11 Å². The number of thioether (sulfide) groups is 1. The van der Waals surface area contributed by atoms with Crippen LogP contribution in [0.3, 0.4) is 0 Å². The minimum atomic E-state index is -0.832. The molecule has 1 heterocycles. The normalized spacial score (nSPS) is 20.2. The molecular formula is C10H17NO3S. The van der Waals surface area contributed by atoms with Gasteiger partial charge < -0.3 is 10.0 Å². The standard InChI is InChI=1S/C10H17NO3S/c1-11(8-5-6-15-7-8)9(12)3-2-4-10(13)14/h8H,2-7H2,1H3,(H,13,14). The van der Waals surface area contributed by atoms with E-state index in [-0.39, 0.29) is 12.3 Å². The summed E-state index contributed by atoms with van der Waals surface area (Å²) in [5, 5.41) is 8.45. The summed E-state index contributed by atoms with van der Waals surface area (Å²) in [6, 6.07) is 0.354. The summed E-state index contributed by atoms with van der Waals surface area (Å²) in [5.74, 6) is 1.38. The number of rotatable bonds is 5. The van der Waals surface area contributed by atoms with Crippen LogP contribution in [0, 0.1) is 0 Å². The van der Waals surface area contributed by atoms with Gasteiger partial charge in [0.15, 0.2) is 0 Å². The largest absolute Gasteiger partial charge is 0.481 e. The molecule has 1 atom stereocenters. The highest BCUT2D eigenvalue weighted by atomic mass is 32.2. The van der Waals surface area contributed by atoms with E-state index >= 15 is 0 Å². The molecule has 1 unspecified atom stereocenters. The summed E-state index contributed by atoms with van der Waals surface area (Å²) in [7, 11) is 1.82. The van der Waals surface area contributed by atoms with E-state index in [0.29, 0.717) is 18.9 Å². The molecule has 1 saturated heterocycles. The summed E-state index contributed by atoms with van der Waals surface area (Å²) in [4.78, 5) is 23.7. The molecule has 15 heavy (non-hydrogen) atoms. The van der Waals surface area contributed by atoms with Gasteiger partial charge in [-0.25, -0.2) is 0 Å². The van der Waals surface area contributed by atoms with Gasteiger partial charge in [-0.1, -0.05) is 0 Å². The van der Waals surface area contributed by atoms with Gasteiger partial charge in [0.1, 0.15) is 0 Å². The summed E-state index contributed by atoms with van der Waals surface area (Å²) in [6.45, 7) is 0. The molecule has 0 aromatic rings. The average molecular weight is 231 g/mol. The van der Waals surface area contributed by atoms with Crippen LogP contribution in [0.5, 0.6) is 0 Å². The van der Waals surface area contributed by atoms with E-state index in [9.17, 15) is 9.59 Å². The predicted molar refractivity (Wildman–Crippen MR) is 60.0 cm³/mol. The molecule has 1 fully saturated rings. The number of carboxylic acid groups (broad SMARTS) is 1. The van der Waals surface area contributed by atoms with Gasteiger partial charge in [-0.15, -0.1) is 0 Å². The first-order chi connectivity index (χ1) is 7.11. The second kappa shape index (κ2) is 6.00. The van der Waals surface area contributed by atoms with Crippen LogP contribution in [-0.4, -0.2) is 46.5 Å². The molecular weight excluding hydrogens is 214 g/mol. The highest BCUT2D eigenvalue weighted by molar-refractivity contribution is 7.99. The first kappa shape index (κ1) is 12.4. The topological polar surface area (TPSA) is 57.6 Å². The monoisotopic (exact) mass is 231 g/mol. The molecule has 1 aliphatic heterocycles. The zero-order chi connectivity index (χ0) is 11.3. The minimum Gasteiger partial charge on any atom is -0.481 e. The maximum absolute atomic E-state index is 11.6. The van der Waals surface area contributed by atoms with Crippen LogP contribution >= 0.6 is 11.8 Å². The maximum Gasteiger partial charge on any atom is 0.303 e. The summed E-state index contributed by atoms with van der Waals surface area (Å²) < 4.78 is 0. The number of hydrogen-bond acceptors (Lipinski definition) is 3. The number of hydrogen-bond donors (Lipinski definition) is 1. The van der Waals surface area contributed by atoms with Gasteiger partial charge in [0.05, 0.1) is 0 Å². The van der Waals surface area contributed by atoms with E-state index in [0.717, 1.165) is 17.9 Å². The Balaban J connectivity index is 2.23. The van der Waals surface area contributed by atoms with Crippen molar-refractivity contribution < 1.29 is 14.7 Å². The second-order valence-electron chi connectivity index (χ2n) is 3.77. The van der Waals surface area contributed by atoms with Crippen molar-refractivity contribution in [1.29, 1.82) is 0 Å². The second-order valence-corrected chi connectivity index (χ2v) is 4.92. The summed E-state index contributed by atoms with van der Waals surface area (Å²) >= 11 is 1.87. The van der Waals surface area contributed by atoms with Gasteiger partial charge in [-0.3, -0.25) is 9.59 Å². The highest BCUT2D eigenvalue weighted by Crippen LogP contribution is 2.21. The van der Waals surface area contributed by atoms with Crippen molar-refractivity contribution in [2.75, 3.05) is 18.6 Å². The van der Waals surface area contributed by atoms with Gasteiger partial charge >= 0.3 is 5.97 Å². The Bertz CT molecular complexity index is 239. The van der Waals surface area contributed by atoms with Crippen LogP contribution in [0.1, 0.15) is 25.7 Å². The first-order valence-electron chi connectivity index (χ1n) is 5.16. The highest BCUT2D eigenvalue weighted by Gasteiger charge is 2.23. The molecule has 0 radical (unpaired) electrons. The fourth-order valence-electron chi connectivity index (χ4n) is 1.60. The Hall–Kier alpha value is -0.710. The molecule has 0 spiro atoms. The number of amides is 1.